The lowest BCUT2D eigenvalue weighted by atomic mass is 9.89. The number of fused-ring (bicyclic) bond motifs is 2. The van der Waals surface area contributed by atoms with Crippen molar-refractivity contribution in [3.63, 3.8) is 0 Å². The van der Waals surface area contributed by atoms with E-state index < -0.39 is 18.1 Å². The van der Waals surface area contributed by atoms with Crippen molar-refractivity contribution in [2.24, 2.45) is 0 Å². The number of nitrogens with zero attached hydrogens (tertiary/aromatic N) is 7. The van der Waals surface area contributed by atoms with Crippen LogP contribution in [0.1, 0.15) is 58.6 Å². The van der Waals surface area contributed by atoms with Gasteiger partial charge in [-0.25, -0.2) is 19.3 Å². The van der Waals surface area contributed by atoms with Gasteiger partial charge in [-0.15, -0.1) is 13.2 Å². The molecule has 5 heterocycles. The monoisotopic (exact) mass is 1020 g/mol. The van der Waals surface area contributed by atoms with Crippen molar-refractivity contribution in [1.29, 1.82) is 0 Å². The van der Waals surface area contributed by atoms with Crippen LogP contribution >= 0.6 is 11.6 Å². The number of carbonyl (C=O) groups is 1. The van der Waals surface area contributed by atoms with Gasteiger partial charge < -0.3 is 30.1 Å². The molecular weight excluding hydrogens is 975 g/mol. The smallest absolute Gasteiger partial charge is 0.406 e. The Morgan fingerprint density at radius 1 is 0.753 bits per heavy atom. The van der Waals surface area contributed by atoms with Crippen LogP contribution < -0.4 is 30.1 Å². The van der Waals surface area contributed by atoms with Crippen LogP contribution in [-0.4, -0.2) is 70.9 Å². The predicted octanol–water partition coefficient (Wildman–Crippen LogP) is 12.6. The molecule has 2 N–H and O–H groups in total. The minimum Gasteiger partial charge on any atom is -0.406 e. The molecule has 73 heavy (non-hydrogen) atoms. The first-order valence-corrected chi connectivity index (χ1v) is 24.0. The Bertz CT molecular complexity index is 3170. The molecule has 0 spiro atoms. The lowest BCUT2D eigenvalue weighted by molar-refractivity contribution is -0.274. The van der Waals surface area contributed by atoms with E-state index in [-0.39, 0.29) is 23.4 Å². The predicted molar refractivity (Wildman–Crippen MR) is 270 cm³/mol. The molecule has 2 fully saturated rings. The third-order valence-electron chi connectivity index (χ3n) is 13.0. The largest absolute Gasteiger partial charge is 0.573 e. The third kappa shape index (κ3) is 12.2. The lowest BCUT2D eigenvalue weighted by Gasteiger charge is -2.37. The molecule has 1 amide bonds. The van der Waals surface area contributed by atoms with Crippen LogP contribution in [0.15, 0.2) is 140 Å². The Kier molecular flexibility index (Phi) is 14.9. The number of hydrogen-bond donors (Lipinski definition) is 2. The Hall–Kier alpha value is -7.60. The van der Waals surface area contributed by atoms with Gasteiger partial charge in [0.05, 0.1) is 27.5 Å². The minimum atomic E-state index is -4.68. The van der Waals surface area contributed by atoms with E-state index in [1.165, 1.54) is 36.7 Å². The van der Waals surface area contributed by atoms with Crippen molar-refractivity contribution in [2.45, 2.75) is 51.2 Å². The summed E-state index contributed by atoms with van der Waals surface area (Å²) >= 11 is 6.14. The van der Waals surface area contributed by atoms with Crippen LogP contribution in [0, 0.1) is 5.82 Å². The van der Waals surface area contributed by atoms with Gasteiger partial charge in [0.25, 0.3) is 5.91 Å². The van der Waals surface area contributed by atoms with E-state index in [4.69, 9.17) is 11.6 Å². The first-order valence-electron chi connectivity index (χ1n) is 23.7. The number of carbonyl (C=O) groups excluding carboxylic acids is 1. The summed E-state index contributed by atoms with van der Waals surface area (Å²) in [6.07, 6.45) is -3.43. The van der Waals surface area contributed by atoms with E-state index >= 15 is 0 Å². The fraction of sp³-hybridized carbons (Fsp3) is 0.259. The molecular formula is C54H49ClF7N9O2. The third-order valence-corrected chi connectivity index (χ3v) is 13.2. The molecule has 0 saturated carbocycles. The number of alkyl halides is 6. The number of amides is 1. The van der Waals surface area contributed by atoms with Gasteiger partial charge in [0.15, 0.2) is 0 Å². The number of piperazine rings is 1. The zero-order valence-corrected chi connectivity index (χ0v) is 40.2. The first-order chi connectivity index (χ1) is 35.1. The molecule has 0 bridgehead atoms. The van der Waals surface area contributed by atoms with Crippen LogP contribution in [-0.2, 0) is 19.1 Å². The summed E-state index contributed by atoms with van der Waals surface area (Å²) in [5, 5.41) is 7.54. The van der Waals surface area contributed by atoms with Gasteiger partial charge in [-0.2, -0.15) is 13.2 Å². The second-order valence-electron chi connectivity index (χ2n) is 17.6. The average Bonchev–Trinajstić information content (AvgIpc) is 3.76. The number of aryl methyl sites for hydroxylation is 1. The van der Waals surface area contributed by atoms with Gasteiger partial charge in [-0.3, -0.25) is 9.20 Å². The maximum Gasteiger partial charge on any atom is 0.573 e. The molecule has 19 heteroatoms. The number of ether oxygens (including phenoxy) is 1. The summed E-state index contributed by atoms with van der Waals surface area (Å²) in [5.74, 6) is 0.131. The quantitative estimate of drug-likeness (QED) is 0.123. The second kappa shape index (κ2) is 21.6. The van der Waals surface area contributed by atoms with Crippen LogP contribution in [0.2, 0.25) is 5.02 Å². The van der Waals surface area contributed by atoms with Crippen molar-refractivity contribution in [2.75, 3.05) is 59.3 Å². The van der Waals surface area contributed by atoms with Crippen molar-refractivity contribution in [3.05, 3.63) is 179 Å². The molecule has 0 aliphatic carbocycles. The maximum atomic E-state index is 15.0. The zero-order chi connectivity index (χ0) is 51.3. The summed E-state index contributed by atoms with van der Waals surface area (Å²) < 4.78 is 96.3. The SMILES string of the molecule is CCc1nc2ccc(Cl)cn2c1C(=O)NCc1ccc(N2CCC(c3ccc(OC(F)(F)F)cc3)CC2)cc1.Fc1cc(Nc2ncnc3ccccc23)ccc1N1CCN(c2ccc(C(F)(F)F)cc2)CC1. The Morgan fingerprint density at radius 3 is 2.07 bits per heavy atom. The topological polar surface area (TPSA) is 103 Å². The van der Waals surface area contributed by atoms with Gasteiger partial charge in [0, 0.05) is 74.5 Å². The summed E-state index contributed by atoms with van der Waals surface area (Å²) in [6, 6.07) is 35.5. The molecule has 2 aliphatic rings. The number of para-hydroxylation sites is 1. The molecule has 378 valence electrons. The average molecular weight is 1020 g/mol. The highest BCUT2D eigenvalue weighted by atomic mass is 35.5. The number of benzene rings is 5. The normalized spacial score (nSPS) is 14.5. The number of aromatic nitrogens is 4. The number of imidazole rings is 1. The van der Waals surface area contributed by atoms with Gasteiger partial charge >= 0.3 is 12.5 Å². The van der Waals surface area contributed by atoms with E-state index in [0.717, 1.165) is 77.2 Å². The molecule has 5 aromatic carbocycles. The first kappa shape index (κ1) is 50.3. The molecule has 11 nitrogen and oxygen atoms in total. The fourth-order valence-corrected chi connectivity index (χ4v) is 9.37. The van der Waals surface area contributed by atoms with Crippen LogP contribution in [0.3, 0.4) is 0 Å². The molecule has 3 aromatic heterocycles. The van der Waals surface area contributed by atoms with Gasteiger partial charge in [0.2, 0.25) is 0 Å². The van der Waals surface area contributed by atoms with Gasteiger partial charge in [-0.05, 0) is 127 Å². The minimum absolute atomic E-state index is 0.200. The molecule has 0 radical (unpaired) electrons. The Balaban J connectivity index is 0.000000181. The van der Waals surface area contributed by atoms with Crippen LogP contribution in [0.5, 0.6) is 5.75 Å². The Labute approximate surface area is 421 Å². The second-order valence-corrected chi connectivity index (χ2v) is 18.0. The van der Waals surface area contributed by atoms with Gasteiger partial charge in [-0.1, -0.05) is 54.9 Å². The van der Waals surface area contributed by atoms with Crippen molar-refractivity contribution in [3.8, 4) is 5.75 Å². The fourth-order valence-electron chi connectivity index (χ4n) is 9.21. The van der Waals surface area contributed by atoms with Crippen molar-refractivity contribution in [1.82, 2.24) is 24.7 Å². The molecule has 0 atom stereocenters. The standard InChI is InChI=1S/C29H28ClF3N4O2.C25H21F4N5/c1-2-25-27(37-18-22(30)7-12-26(37)35-25)28(38)34-17-19-3-8-23(9-4-19)36-15-13-21(14-16-36)20-5-10-24(11-6-20)39-29(31,32)33;26-21-15-18(32-24-20-3-1-2-4-22(20)30-16-31-24)7-10-23(21)34-13-11-33(12-14-34)19-8-5-17(6-9-19)25(27,28)29/h3-12,18,21H,2,13-17H2,1H3,(H,34,38);1-10,15-16H,11-14H2,(H,30,31,32). The van der Waals surface area contributed by atoms with Crippen LogP contribution in [0.4, 0.5) is 59.3 Å². The highest BCUT2D eigenvalue weighted by molar-refractivity contribution is 6.30. The number of piperidine rings is 1. The zero-order valence-electron chi connectivity index (χ0n) is 39.4. The van der Waals surface area contributed by atoms with Crippen molar-refractivity contribution >= 4 is 62.6 Å². The van der Waals surface area contributed by atoms with Gasteiger partial charge in [0.1, 0.15) is 35.1 Å². The lowest BCUT2D eigenvalue weighted by Crippen LogP contribution is -2.46. The molecule has 10 rings (SSSR count). The molecule has 8 aromatic rings. The molecule has 2 saturated heterocycles. The molecule has 2 aliphatic heterocycles. The number of pyridine rings is 1. The van der Waals surface area contributed by atoms with E-state index in [9.17, 15) is 35.5 Å². The van der Waals surface area contributed by atoms with E-state index in [1.807, 2.05) is 53.1 Å². The summed E-state index contributed by atoms with van der Waals surface area (Å²) in [7, 11) is 0. The number of anilines is 5. The summed E-state index contributed by atoms with van der Waals surface area (Å²) in [6.45, 7) is 6.31. The van der Waals surface area contributed by atoms with Crippen molar-refractivity contribution < 1.29 is 40.3 Å². The van der Waals surface area contributed by atoms with E-state index in [1.54, 1.807) is 47.0 Å². The number of rotatable bonds is 11. The summed E-state index contributed by atoms with van der Waals surface area (Å²) in [5.41, 5.74) is 6.93. The highest BCUT2D eigenvalue weighted by Gasteiger charge is 2.32. The Morgan fingerprint density at radius 2 is 1.41 bits per heavy atom. The van der Waals surface area contributed by atoms with E-state index in [2.05, 4.69) is 47.4 Å². The highest BCUT2D eigenvalue weighted by Crippen LogP contribution is 2.34. The molecule has 0 unspecified atom stereocenters. The number of hydrogen-bond acceptors (Lipinski definition) is 9. The maximum absolute atomic E-state index is 15.0. The number of halogens is 8. The van der Waals surface area contributed by atoms with Crippen LogP contribution in [0.25, 0.3) is 16.6 Å². The number of nitrogens with one attached hydrogen (secondary N) is 2. The summed E-state index contributed by atoms with van der Waals surface area (Å²) in [4.78, 5) is 32.4. The van der Waals surface area contributed by atoms with E-state index in [0.29, 0.717) is 72.7 Å².